The summed E-state index contributed by atoms with van der Waals surface area (Å²) in [5.41, 5.74) is 0. The Morgan fingerprint density at radius 3 is 3.20 bits per heavy atom. The molecule has 0 N–H and O–H groups in total. The van der Waals surface area contributed by atoms with Crippen LogP contribution in [-0.4, -0.2) is 36.2 Å². The van der Waals surface area contributed by atoms with Gasteiger partial charge in [-0.15, -0.1) is 11.3 Å². The number of likely N-dealkylation sites (N-methyl/N-ethyl adjacent to an activating group) is 1. The molecule has 84 valence electrons. The fourth-order valence-corrected chi connectivity index (χ4v) is 2.88. The fraction of sp³-hybridized carbons (Fsp3) is 0.700. The van der Waals surface area contributed by atoms with Gasteiger partial charge in [0, 0.05) is 30.8 Å². The number of halogens is 1. The molecule has 1 atom stereocenters. The lowest BCUT2D eigenvalue weighted by Gasteiger charge is -2.19. The molecule has 1 aromatic heterocycles. The molecule has 0 aliphatic carbocycles. The van der Waals surface area contributed by atoms with E-state index in [1.165, 1.54) is 17.7 Å². The Balaban J connectivity index is 1.78. The molecule has 15 heavy (non-hydrogen) atoms. The highest BCUT2D eigenvalue weighted by atomic mass is 35.5. The highest BCUT2D eigenvalue weighted by molar-refractivity contribution is 7.15. The van der Waals surface area contributed by atoms with E-state index in [2.05, 4.69) is 16.9 Å². The molecule has 2 rings (SSSR count). The number of hydrogen-bond acceptors (Lipinski definition) is 4. The van der Waals surface area contributed by atoms with Gasteiger partial charge in [0.25, 0.3) is 0 Å². The molecule has 1 saturated heterocycles. The molecule has 0 amide bonds. The maximum absolute atomic E-state index is 5.78. The van der Waals surface area contributed by atoms with Gasteiger partial charge in [-0.25, -0.2) is 4.98 Å². The molecule has 0 spiro atoms. The van der Waals surface area contributed by atoms with E-state index in [4.69, 9.17) is 16.3 Å². The third-order valence-corrected chi connectivity index (χ3v) is 3.59. The second-order valence-electron chi connectivity index (χ2n) is 3.91. The number of hydrogen-bond donors (Lipinski definition) is 0. The van der Waals surface area contributed by atoms with E-state index in [1.54, 1.807) is 11.3 Å². The van der Waals surface area contributed by atoms with Crippen molar-refractivity contribution in [2.75, 3.05) is 20.2 Å². The van der Waals surface area contributed by atoms with Gasteiger partial charge in [-0.3, -0.25) is 4.90 Å². The van der Waals surface area contributed by atoms with Gasteiger partial charge in [-0.05, 0) is 19.9 Å². The van der Waals surface area contributed by atoms with Crippen LogP contribution in [0.1, 0.15) is 17.7 Å². The first kappa shape index (κ1) is 11.3. The average Bonchev–Trinajstić information content (AvgIpc) is 2.77. The number of rotatable bonds is 4. The summed E-state index contributed by atoms with van der Waals surface area (Å²) in [4.78, 5) is 7.50. The minimum atomic E-state index is 0.415. The van der Waals surface area contributed by atoms with Crippen molar-refractivity contribution in [1.29, 1.82) is 0 Å². The molecule has 1 unspecified atom stereocenters. The molecule has 1 aromatic rings. The first-order valence-corrected chi connectivity index (χ1v) is 6.34. The largest absolute Gasteiger partial charge is 0.377 e. The van der Waals surface area contributed by atoms with Crippen molar-refractivity contribution in [3.8, 4) is 0 Å². The summed E-state index contributed by atoms with van der Waals surface area (Å²) >= 11 is 7.32. The van der Waals surface area contributed by atoms with Crippen molar-refractivity contribution >= 4 is 22.9 Å². The number of thiazole rings is 1. The Morgan fingerprint density at radius 1 is 1.73 bits per heavy atom. The van der Waals surface area contributed by atoms with Crippen molar-refractivity contribution in [2.45, 2.75) is 25.5 Å². The fourth-order valence-electron chi connectivity index (χ4n) is 1.82. The molecule has 5 heteroatoms. The standard InChI is InChI=1S/C10H15ClN2OS/c1-13(6-8-3-2-4-14-8)7-9-5-12-10(11)15-9/h5,8H,2-4,6-7H2,1H3. The van der Waals surface area contributed by atoms with Gasteiger partial charge >= 0.3 is 0 Å². The highest BCUT2D eigenvalue weighted by Gasteiger charge is 2.17. The molecule has 0 bridgehead atoms. The van der Waals surface area contributed by atoms with Crippen molar-refractivity contribution in [1.82, 2.24) is 9.88 Å². The second-order valence-corrected chi connectivity index (χ2v) is 5.61. The minimum Gasteiger partial charge on any atom is -0.377 e. The van der Waals surface area contributed by atoms with Crippen LogP contribution in [0.4, 0.5) is 0 Å². The zero-order valence-corrected chi connectivity index (χ0v) is 10.4. The molecule has 1 aliphatic heterocycles. The second kappa shape index (κ2) is 5.25. The number of ether oxygens (including phenoxy) is 1. The molecule has 1 fully saturated rings. The summed E-state index contributed by atoms with van der Waals surface area (Å²) in [6.07, 6.45) is 4.65. The molecule has 0 radical (unpaired) electrons. The molecule has 1 aliphatic rings. The van der Waals surface area contributed by atoms with Crippen LogP contribution in [0, 0.1) is 0 Å². The Labute approximate surface area is 99.0 Å². The zero-order chi connectivity index (χ0) is 10.7. The molecule has 0 saturated carbocycles. The van der Waals surface area contributed by atoms with Crippen LogP contribution in [0.3, 0.4) is 0 Å². The van der Waals surface area contributed by atoms with E-state index in [1.807, 2.05) is 6.20 Å². The minimum absolute atomic E-state index is 0.415. The number of nitrogens with zero attached hydrogens (tertiary/aromatic N) is 2. The lowest BCUT2D eigenvalue weighted by atomic mass is 10.2. The van der Waals surface area contributed by atoms with Crippen LogP contribution in [0.15, 0.2) is 6.20 Å². The third kappa shape index (κ3) is 3.41. The Bertz CT molecular complexity index is 312. The van der Waals surface area contributed by atoms with Gasteiger partial charge in [0.1, 0.15) is 0 Å². The Hall–Kier alpha value is -0.160. The van der Waals surface area contributed by atoms with Gasteiger partial charge in [0.05, 0.1) is 6.10 Å². The van der Waals surface area contributed by atoms with E-state index in [-0.39, 0.29) is 0 Å². The number of aromatic nitrogens is 1. The summed E-state index contributed by atoms with van der Waals surface area (Å²) in [6, 6.07) is 0. The molecule has 0 aromatic carbocycles. The van der Waals surface area contributed by atoms with E-state index in [0.717, 1.165) is 19.7 Å². The average molecular weight is 247 g/mol. The first-order chi connectivity index (χ1) is 7.24. The van der Waals surface area contributed by atoms with Crippen LogP contribution in [0.25, 0.3) is 0 Å². The predicted molar refractivity (Wildman–Crippen MR) is 62.4 cm³/mol. The van der Waals surface area contributed by atoms with E-state index < -0.39 is 0 Å². The summed E-state index contributed by atoms with van der Waals surface area (Å²) in [7, 11) is 2.11. The maximum atomic E-state index is 5.78. The lowest BCUT2D eigenvalue weighted by Crippen LogP contribution is -2.27. The van der Waals surface area contributed by atoms with Gasteiger partial charge < -0.3 is 4.74 Å². The van der Waals surface area contributed by atoms with Crippen molar-refractivity contribution in [3.05, 3.63) is 15.5 Å². The predicted octanol–water partition coefficient (Wildman–Crippen LogP) is 2.41. The Kier molecular flexibility index (Phi) is 3.97. The monoisotopic (exact) mass is 246 g/mol. The topological polar surface area (TPSA) is 25.4 Å². The van der Waals surface area contributed by atoms with E-state index >= 15 is 0 Å². The Morgan fingerprint density at radius 2 is 2.60 bits per heavy atom. The van der Waals surface area contributed by atoms with Gasteiger partial charge in [0.2, 0.25) is 0 Å². The van der Waals surface area contributed by atoms with Crippen molar-refractivity contribution in [2.24, 2.45) is 0 Å². The van der Waals surface area contributed by atoms with Crippen molar-refractivity contribution in [3.63, 3.8) is 0 Å². The van der Waals surface area contributed by atoms with Gasteiger partial charge in [-0.2, -0.15) is 0 Å². The summed E-state index contributed by atoms with van der Waals surface area (Å²) < 4.78 is 6.21. The highest BCUT2D eigenvalue weighted by Crippen LogP contribution is 2.20. The SMILES string of the molecule is CN(Cc1cnc(Cl)s1)CC1CCCO1. The quantitative estimate of drug-likeness (QED) is 0.816. The maximum Gasteiger partial charge on any atom is 0.183 e. The summed E-state index contributed by atoms with van der Waals surface area (Å²) in [5, 5.41) is 0. The van der Waals surface area contributed by atoms with Crippen molar-refractivity contribution < 1.29 is 4.74 Å². The van der Waals surface area contributed by atoms with Gasteiger partial charge in [0.15, 0.2) is 4.47 Å². The molecule has 3 nitrogen and oxygen atoms in total. The zero-order valence-electron chi connectivity index (χ0n) is 8.78. The van der Waals surface area contributed by atoms with Crippen LogP contribution in [0.5, 0.6) is 0 Å². The first-order valence-electron chi connectivity index (χ1n) is 5.14. The molecule has 2 heterocycles. The normalized spacial score (nSPS) is 21.4. The summed E-state index contributed by atoms with van der Waals surface area (Å²) in [6.45, 7) is 2.82. The third-order valence-electron chi connectivity index (χ3n) is 2.49. The van der Waals surface area contributed by atoms with Gasteiger partial charge in [-0.1, -0.05) is 11.6 Å². The smallest absolute Gasteiger partial charge is 0.183 e. The summed E-state index contributed by atoms with van der Waals surface area (Å²) in [5.74, 6) is 0. The van der Waals surface area contributed by atoms with E-state index in [9.17, 15) is 0 Å². The van der Waals surface area contributed by atoms with Crippen LogP contribution in [-0.2, 0) is 11.3 Å². The van der Waals surface area contributed by atoms with Crippen LogP contribution >= 0.6 is 22.9 Å². The molecular formula is C10H15ClN2OS. The van der Waals surface area contributed by atoms with Crippen LogP contribution in [0.2, 0.25) is 4.47 Å². The lowest BCUT2D eigenvalue weighted by molar-refractivity contribution is 0.0796. The molecular weight excluding hydrogens is 232 g/mol. The van der Waals surface area contributed by atoms with E-state index in [0.29, 0.717) is 10.6 Å². The van der Waals surface area contributed by atoms with Crippen LogP contribution < -0.4 is 0 Å².